The molecule has 0 aliphatic carbocycles. The van der Waals surface area contributed by atoms with Gasteiger partial charge in [0.05, 0.1) is 11.8 Å². The van der Waals surface area contributed by atoms with Crippen molar-refractivity contribution in [2.45, 2.75) is 11.2 Å². The van der Waals surface area contributed by atoms with E-state index in [0.717, 1.165) is 11.1 Å². The van der Waals surface area contributed by atoms with Crippen LogP contribution >= 0.6 is 23.4 Å². The van der Waals surface area contributed by atoms with Crippen molar-refractivity contribution >= 4 is 29.3 Å². The fourth-order valence-corrected chi connectivity index (χ4v) is 3.12. The van der Waals surface area contributed by atoms with Crippen LogP contribution in [0.2, 0.25) is 5.02 Å². The number of thioether (sulfide) groups is 1. The lowest BCUT2D eigenvalue weighted by Gasteiger charge is -2.20. The number of aryl methyl sites for hydroxylation is 1. The second kappa shape index (κ2) is 8.13. The molecular formula is C17H16ClN5OS. The maximum Gasteiger partial charge on any atom is 0.231 e. The fraction of sp³-hybridized carbons (Fsp3) is 0.176. The summed E-state index contributed by atoms with van der Waals surface area (Å²) in [5.41, 5.74) is 1.97. The van der Waals surface area contributed by atoms with E-state index in [1.165, 1.54) is 16.4 Å². The van der Waals surface area contributed by atoms with Gasteiger partial charge in [0, 0.05) is 12.1 Å². The first-order chi connectivity index (χ1) is 12.1. The number of nitrogens with zero attached hydrogens (tertiary/aromatic N) is 4. The Hall–Kier alpha value is -2.38. The van der Waals surface area contributed by atoms with Gasteiger partial charge in [-0.25, -0.2) is 4.68 Å². The number of rotatable bonds is 6. The van der Waals surface area contributed by atoms with Gasteiger partial charge in [-0.1, -0.05) is 65.8 Å². The lowest BCUT2D eigenvalue weighted by atomic mass is 9.99. The second-order valence-electron chi connectivity index (χ2n) is 5.34. The van der Waals surface area contributed by atoms with Gasteiger partial charge in [-0.3, -0.25) is 4.79 Å². The van der Waals surface area contributed by atoms with Gasteiger partial charge in [-0.2, -0.15) is 0 Å². The standard InChI is InChI=1S/C17H16ClN5OS/c1-23-17(20-21-22-23)25-11-15(24)19-16(12-5-3-2-4-6-12)13-7-9-14(18)10-8-13/h2-10,16H,11H2,1H3,(H,19,24)/t16-/m1/s1. The fourth-order valence-electron chi connectivity index (χ4n) is 2.34. The summed E-state index contributed by atoms with van der Waals surface area (Å²) in [6.07, 6.45) is 0. The summed E-state index contributed by atoms with van der Waals surface area (Å²) < 4.78 is 1.53. The quantitative estimate of drug-likeness (QED) is 0.672. The lowest BCUT2D eigenvalue weighted by Crippen LogP contribution is -2.30. The van der Waals surface area contributed by atoms with Gasteiger partial charge in [0.1, 0.15) is 0 Å². The van der Waals surface area contributed by atoms with Crippen LogP contribution in [0.4, 0.5) is 0 Å². The molecule has 2 aromatic carbocycles. The van der Waals surface area contributed by atoms with Gasteiger partial charge in [-0.15, -0.1) is 5.10 Å². The van der Waals surface area contributed by atoms with Crippen LogP contribution in [0.5, 0.6) is 0 Å². The molecule has 0 fully saturated rings. The Morgan fingerprint density at radius 1 is 1.16 bits per heavy atom. The number of aromatic nitrogens is 4. The van der Waals surface area contributed by atoms with Crippen LogP contribution < -0.4 is 5.32 Å². The largest absolute Gasteiger partial charge is 0.344 e. The molecule has 0 spiro atoms. The molecular weight excluding hydrogens is 358 g/mol. The molecule has 1 amide bonds. The Kier molecular flexibility index (Phi) is 5.67. The first-order valence-electron chi connectivity index (χ1n) is 7.58. The highest BCUT2D eigenvalue weighted by Crippen LogP contribution is 2.24. The number of amides is 1. The van der Waals surface area contributed by atoms with Crippen molar-refractivity contribution in [1.82, 2.24) is 25.5 Å². The number of benzene rings is 2. The van der Waals surface area contributed by atoms with E-state index in [2.05, 4.69) is 20.8 Å². The van der Waals surface area contributed by atoms with Crippen molar-refractivity contribution in [1.29, 1.82) is 0 Å². The first-order valence-corrected chi connectivity index (χ1v) is 8.95. The average Bonchev–Trinajstić information content (AvgIpc) is 3.04. The number of tetrazole rings is 1. The van der Waals surface area contributed by atoms with Crippen LogP contribution in [0.1, 0.15) is 17.2 Å². The zero-order valence-electron chi connectivity index (χ0n) is 13.5. The molecule has 1 aromatic heterocycles. The molecule has 1 N–H and O–H groups in total. The van der Waals surface area contributed by atoms with Crippen molar-refractivity contribution in [3.63, 3.8) is 0 Å². The maximum absolute atomic E-state index is 12.4. The molecule has 0 saturated heterocycles. The Balaban J connectivity index is 1.74. The van der Waals surface area contributed by atoms with Crippen LogP contribution in [0, 0.1) is 0 Å². The Bertz CT molecular complexity index is 838. The molecule has 0 aliphatic heterocycles. The Labute approximate surface area is 154 Å². The molecule has 0 radical (unpaired) electrons. The van der Waals surface area contributed by atoms with Gasteiger partial charge in [0.2, 0.25) is 11.1 Å². The minimum atomic E-state index is -0.246. The van der Waals surface area contributed by atoms with Crippen molar-refractivity contribution in [2.24, 2.45) is 7.05 Å². The molecule has 0 unspecified atom stereocenters. The van der Waals surface area contributed by atoms with Crippen LogP contribution in [0.25, 0.3) is 0 Å². The van der Waals surface area contributed by atoms with Gasteiger partial charge in [0.15, 0.2) is 0 Å². The van der Waals surface area contributed by atoms with E-state index in [1.54, 1.807) is 7.05 Å². The van der Waals surface area contributed by atoms with E-state index in [9.17, 15) is 4.79 Å². The monoisotopic (exact) mass is 373 g/mol. The average molecular weight is 374 g/mol. The molecule has 8 heteroatoms. The highest BCUT2D eigenvalue weighted by atomic mass is 35.5. The molecule has 1 atom stereocenters. The lowest BCUT2D eigenvalue weighted by molar-refractivity contribution is -0.119. The van der Waals surface area contributed by atoms with E-state index in [-0.39, 0.29) is 17.7 Å². The third-order valence-corrected chi connectivity index (χ3v) is 4.82. The van der Waals surface area contributed by atoms with E-state index >= 15 is 0 Å². The smallest absolute Gasteiger partial charge is 0.231 e. The van der Waals surface area contributed by atoms with Crippen LogP contribution in [0.3, 0.4) is 0 Å². The predicted octanol–water partition coefficient (Wildman–Crippen LogP) is 2.86. The summed E-state index contributed by atoms with van der Waals surface area (Å²) >= 11 is 7.27. The number of halogens is 1. The van der Waals surface area contributed by atoms with Gasteiger partial charge < -0.3 is 5.32 Å². The van der Waals surface area contributed by atoms with Gasteiger partial charge >= 0.3 is 0 Å². The van der Waals surface area contributed by atoms with E-state index in [4.69, 9.17) is 11.6 Å². The zero-order valence-corrected chi connectivity index (χ0v) is 15.0. The van der Waals surface area contributed by atoms with E-state index < -0.39 is 0 Å². The summed E-state index contributed by atoms with van der Waals surface area (Å²) in [5, 5.41) is 15.5. The summed E-state index contributed by atoms with van der Waals surface area (Å²) in [4.78, 5) is 12.4. The third-order valence-electron chi connectivity index (χ3n) is 3.56. The summed E-state index contributed by atoms with van der Waals surface area (Å²) in [6, 6.07) is 17.0. The predicted molar refractivity (Wildman–Crippen MR) is 97.4 cm³/mol. The molecule has 128 valence electrons. The summed E-state index contributed by atoms with van der Waals surface area (Å²) in [7, 11) is 1.74. The minimum Gasteiger partial charge on any atom is -0.344 e. The number of carbonyl (C=O) groups is 1. The topological polar surface area (TPSA) is 72.7 Å². The summed E-state index contributed by atoms with van der Waals surface area (Å²) in [5.74, 6) is 0.127. The van der Waals surface area contributed by atoms with Crippen molar-refractivity contribution in [3.05, 3.63) is 70.7 Å². The molecule has 1 heterocycles. The van der Waals surface area contributed by atoms with Gasteiger partial charge in [0.25, 0.3) is 0 Å². The normalized spacial score (nSPS) is 11.9. The maximum atomic E-state index is 12.4. The molecule has 25 heavy (non-hydrogen) atoms. The molecule has 0 bridgehead atoms. The Morgan fingerprint density at radius 2 is 1.84 bits per heavy atom. The van der Waals surface area contributed by atoms with E-state index in [0.29, 0.717) is 10.2 Å². The number of nitrogens with one attached hydrogen (secondary N) is 1. The SMILES string of the molecule is Cn1nnnc1SCC(=O)N[C@H](c1ccccc1)c1ccc(Cl)cc1. The van der Waals surface area contributed by atoms with E-state index in [1.807, 2.05) is 54.6 Å². The third kappa shape index (κ3) is 4.58. The van der Waals surface area contributed by atoms with Crippen LogP contribution in [-0.2, 0) is 11.8 Å². The Morgan fingerprint density at radius 3 is 2.48 bits per heavy atom. The van der Waals surface area contributed by atoms with Crippen LogP contribution in [-0.4, -0.2) is 31.9 Å². The number of carbonyl (C=O) groups excluding carboxylic acids is 1. The highest BCUT2D eigenvalue weighted by Gasteiger charge is 2.17. The molecule has 3 aromatic rings. The zero-order chi connectivity index (χ0) is 17.6. The molecule has 0 aliphatic rings. The minimum absolute atomic E-state index is 0.100. The van der Waals surface area contributed by atoms with Crippen molar-refractivity contribution < 1.29 is 4.79 Å². The van der Waals surface area contributed by atoms with Crippen LogP contribution in [0.15, 0.2) is 59.8 Å². The number of hydrogen-bond acceptors (Lipinski definition) is 5. The first kappa shape index (κ1) is 17.4. The molecule has 3 rings (SSSR count). The van der Waals surface area contributed by atoms with Crippen molar-refractivity contribution in [2.75, 3.05) is 5.75 Å². The molecule has 6 nitrogen and oxygen atoms in total. The number of hydrogen-bond donors (Lipinski definition) is 1. The van der Waals surface area contributed by atoms with Gasteiger partial charge in [-0.05, 0) is 33.7 Å². The van der Waals surface area contributed by atoms with Crippen molar-refractivity contribution in [3.8, 4) is 0 Å². The highest BCUT2D eigenvalue weighted by molar-refractivity contribution is 7.99. The summed E-state index contributed by atoms with van der Waals surface area (Å²) in [6.45, 7) is 0. The molecule has 0 saturated carbocycles. The second-order valence-corrected chi connectivity index (χ2v) is 6.72.